The average Bonchev–Trinajstić information content (AvgIpc) is 2.06. The van der Waals surface area contributed by atoms with Crippen molar-refractivity contribution in [1.29, 1.82) is 0 Å². The summed E-state index contributed by atoms with van der Waals surface area (Å²) in [7, 11) is 0. The van der Waals surface area contributed by atoms with E-state index in [1.807, 2.05) is 0 Å². The molecular formula is C8H19NO4. The molecule has 0 aliphatic carbocycles. The fourth-order valence-electron chi connectivity index (χ4n) is 0.917. The molecule has 0 aliphatic heterocycles. The lowest BCUT2D eigenvalue weighted by atomic mass is 10.0. The molecule has 5 nitrogen and oxygen atoms in total. The quantitative estimate of drug-likeness (QED) is 0.515. The normalized spacial score (nSPS) is 11.3. The molecule has 2 N–H and O–H groups in total. The summed E-state index contributed by atoms with van der Waals surface area (Å²) < 4.78 is 0. The Bertz CT molecular complexity index is 111. The van der Waals surface area contributed by atoms with Gasteiger partial charge >= 0.3 is 0 Å². The highest BCUT2D eigenvalue weighted by Gasteiger charge is 2.01. The fourth-order valence-corrected chi connectivity index (χ4v) is 0.917. The third-order valence-corrected chi connectivity index (χ3v) is 1.80. The van der Waals surface area contributed by atoms with E-state index in [-0.39, 0.29) is 0 Å². The summed E-state index contributed by atoms with van der Waals surface area (Å²) >= 11 is 0. The smallest absolute Gasteiger partial charge is 0.291 e. The van der Waals surface area contributed by atoms with E-state index >= 15 is 0 Å². The highest BCUT2D eigenvalue weighted by atomic mass is 16.9. The first-order valence-corrected chi connectivity index (χ1v) is 4.52. The van der Waals surface area contributed by atoms with Gasteiger partial charge < -0.3 is 10.3 Å². The van der Waals surface area contributed by atoms with Crippen molar-refractivity contribution in [3.05, 3.63) is 10.1 Å². The Morgan fingerprint density at radius 3 is 2.15 bits per heavy atom. The van der Waals surface area contributed by atoms with Crippen LogP contribution in [0.1, 0.15) is 39.5 Å². The predicted octanol–water partition coefficient (Wildman–Crippen LogP) is 1.85. The monoisotopic (exact) mass is 193 g/mol. The van der Waals surface area contributed by atoms with Crippen LogP contribution >= 0.6 is 0 Å². The molecule has 13 heavy (non-hydrogen) atoms. The number of hydrogen-bond donors (Lipinski definition) is 2. The van der Waals surface area contributed by atoms with Crippen LogP contribution in [0.4, 0.5) is 0 Å². The topological polar surface area (TPSA) is 83.6 Å². The fraction of sp³-hybridized carbons (Fsp3) is 1.00. The molecule has 0 aliphatic rings. The summed E-state index contributed by atoms with van der Waals surface area (Å²) in [6, 6.07) is 0. The number of hydrogen-bond acceptors (Lipinski definition) is 3. The molecule has 0 saturated heterocycles. The van der Waals surface area contributed by atoms with Crippen LogP contribution in [0.3, 0.4) is 0 Å². The molecule has 0 radical (unpaired) electrons. The first kappa shape index (κ1) is 14.7. The number of rotatable bonds is 5. The van der Waals surface area contributed by atoms with E-state index in [9.17, 15) is 0 Å². The van der Waals surface area contributed by atoms with Crippen molar-refractivity contribution in [3.8, 4) is 0 Å². The van der Waals surface area contributed by atoms with Crippen molar-refractivity contribution in [1.82, 2.24) is 0 Å². The maximum atomic E-state index is 8.75. The summed E-state index contributed by atoms with van der Waals surface area (Å²) in [6.45, 7) is 4.69. The van der Waals surface area contributed by atoms with E-state index < -0.39 is 5.09 Å². The second-order valence-electron chi connectivity index (χ2n) is 2.84. The lowest BCUT2D eigenvalue weighted by molar-refractivity contribution is -0.742. The van der Waals surface area contributed by atoms with Gasteiger partial charge in [-0.2, -0.15) is 0 Å². The molecule has 0 aromatic rings. The maximum absolute atomic E-state index is 8.75. The van der Waals surface area contributed by atoms with Gasteiger partial charge in [-0.25, -0.2) is 0 Å². The molecule has 1 unspecified atom stereocenters. The van der Waals surface area contributed by atoms with E-state index in [1.54, 1.807) is 0 Å². The molecule has 1 atom stereocenters. The summed E-state index contributed by atoms with van der Waals surface area (Å²) in [6.07, 6.45) is 4.83. The van der Waals surface area contributed by atoms with E-state index in [0.29, 0.717) is 12.5 Å². The minimum Gasteiger partial charge on any atom is -0.396 e. The first-order valence-electron chi connectivity index (χ1n) is 4.52. The molecule has 0 rings (SSSR count). The van der Waals surface area contributed by atoms with Crippen LogP contribution in [0.15, 0.2) is 0 Å². The molecule has 0 spiro atoms. The maximum Gasteiger partial charge on any atom is 0.291 e. The van der Waals surface area contributed by atoms with E-state index in [1.165, 1.54) is 19.3 Å². The van der Waals surface area contributed by atoms with E-state index in [4.69, 9.17) is 20.4 Å². The number of nitrogens with zero attached hydrogens (tertiary/aromatic N) is 1. The number of aliphatic hydroxyl groups excluding tert-OH is 1. The highest BCUT2D eigenvalue weighted by Crippen LogP contribution is 2.10. The minimum atomic E-state index is -1.50. The number of unbranched alkanes of at least 4 members (excludes halogenated alkanes) is 1. The highest BCUT2D eigenvalue weighted by molar-refractivity contribution is 4.53. The minimum absolute atomic E-state index is 0.372. The molecule has 80 valence electrons. The molecule has 0 aromatic heterocycles. The van der Waals surface area contributed by atoms with Crippen molar-refractivity contribution in [3.63, 3.8) is 0 Å². The summed E-state index contributed by atoms with van der Waals surface area (Å²) in [5.74, 6) is 0.560. The second-order valence-corrected chi connectivity index (χ2v) is 2.84. The van der Waals surface area contributed by atoms with Crippen LogP contribution in [-0.2, 0) is 0 Å². The lowest BCUT2D eigenvalue weighted by Crippen LogP contribution is -2.03. The van der Waals surface area contributed by atoms with E-state index in [2.05, 4.69) is 13.8 Å². The lowest BCUT2D eigenvalue weighted by Gasteiger charge is -2.08. The third-order valence-electron chi connectivity index (χ3n) is 1.80. The van der Waals surface area contributed by atoms with Crippen LogP contribution in [0.5, 0.6) is 0 Å². The van der Waals surface area contributed by atoms with Crippen molar-refractivity contribution in [2.45, 2.75) is 39.5 Å². The Hall–Kier alpha value is -0.840. The average molecular weight is 193 g/mol. The van der Waals surface area contributed by atoms with Crippen LogP contribution < -0.4 is 0 Å². The van der Waals surface area contributed by atoms with Gasteiger partial charge in [-0.3, -0.25) is 0 Å². The summed E-state index contributed by atoms with van der Waals surface area (Å²) in [5.41, 5.74) is 0. The Balaban J connectivity index is 0. The van der Waals surface area contributed by atoms with Crippen LogP contribution in [0.25, 0.3) is 0 Å². The largest absolute Gasteiger partial charge is 0.396 e. The second kappa shape index (κ2) is 11.2. The zero-order chi connectivity index (χ0) is 10.7. The standard InChI is InChI=1S/C8H18O.HNO3/c1-3-5-6-8(4-2)7-9;2-1(3)4/h8-9H,3-7H2,1-2H3;(H,2,3,4). The number of aliphatic hydroxyl groups is 1. The summed E-state index contributed by atoms with van der Waals surface area (Å²) in [5, 5.41) is 22.4. The van der Waals surface area contributed by atoms with Gasteiger partial charge in [0.05, 0.1) is 0 Å². The van der Waals surface area contributed by atoms with Gasteiger partial charge in [0, 0.05) is 6.61 Å². The zero-order valence-corrected chi connectivity index (χ0v) is 8.27. The Morgan fingerprint density at radius 1 is 1.46 bits per heavy atom. The van der Waals surface area contributed by atoms with E-state index in [0.717, 1.165) is 6.42 Å². The van der Waals surface area contributed by atoms with Crippen molar-refractivity contribution >= 4 is 0 Å². The molecule has 0 heterocycles. The van der Waals surface area contributed by atoms with Crippen molar-refractivity contribution < 1.29 is 15.4 Å². The molecule has 0 fully saturated rings. The van der Waals surface area contributed by atoms with Gasteiger partial charge in [-0.05, 0) is 12.3 Å². The molecule has 5 heteroatoms. The SMILES string of the molecule is CCCCC(CC)CO.O=[N+]([O-])O. The molecule has 0 saturated carbocycles. The molecule has 0 amide bonds. The van der Waals surface area contributed by atoms with Gasteiger partial charge in [0.1, 0.15) is 0 Å². The Morgan fingerprint density at radius 2 is 1.92 bits per heavy atom. The Kier molecular flexibility index (Phi) is 12.6. The van der Waals surface area contributed by atoms with Gasteiger partial charge in [0.15, 0.2) is 0 Å². The molecular weight excluding hydrogens is 174 g/mol. The third kappa shape index (κ3) is 18.3. The Labute approximate surface area is 78.5 Å². The van der Waals surface area contributed by atoms with Gasteiger partial charge in [-0.15, -0.1) is 10.1 Å². The first-order chi connectivity index (χ1) is 6.08. The van der Waals surface area contributed by atoms with Crippen LogP contribution in [0, 0.1) is 16.0 Å². The van der Waals surface area contributed by atoms with Gasteiger partial charge in [0.2, 0.25) is 0 Å². The van der Waals surface area contributed by atoms with Gasteiger partial charge in [-0.1, -0.05) is 33.1 Å². The van der Waals surface area contributed by atoms with Gasteiger partial charge in [0.25, 0.3) is 5.09 Å². The zero-order valence-electron chi connectivity index (χ0n) is 8.27. The van der Waals surface area contributed by atoms with Crippen LogP contribution in [0.2, 0.25) is 0 Å². The predicted molar refractivity (Wildman–Crippen MR) is 49.2 cm³/mol. The molecule has 0 aromatic carbocycles. The van der Waals surface area contributed by atoms with Crippen molar-refractivity contribution in [2.24, 2.45) is 5.92 Å². The van der Waals surface area contributed by atoms with Crippen molar-refractivity contribution in [2.75, 3.05) is 6.61 Å². The summed E-state index contributed by atoms with van der Waals surface area (Å²) in [4.78, 5) is 8.36. The van der Waals surface area contributed by atoms with Crippen LogP contribution in [-0.4, -0.2) is 22.0 Å². The molecule has 0 bridgehead atoms.